The average Bonchev–Trinajstić information content (AvgIpc) is 3.28. The number of carbonyl (C=O) groups excluding carboxylic acids is 2. The Morgan fingerprint density at radius 3 is 2.60 bits per heavy atom. The molecule has 0 bridgehead atoms. The van der Waals surface area contributed by atoms with E-state index in [2.05, 4.69) is 16.7 Å². The molecule has 0 fully saturated rings. The number of nitrogens with zero attached hydrogens (tertiary/aromatic N) is 4. The van der Waals surface area contributed by atoms with Crippen LogP contribution in [-0.2, 0) is 22.3 Å². The maximum atomic E-state index is 13.4. The highest BCUT2D eigenvalue weighted by Crippen LogP contribution is 2.38. The summed E-state index contributed by atoms with van der Waals surface area (Å²) in [6.07, 6.45) is 0.806. The van der Waals surface area contributed by atoms with Crippen LogP contribution in [0.25, 0.3) is 6.08 Å². The van der Waals surface area contributed by atoms with Crippen molar-refractivity contribution in [2.24, 2.45) is 0 Å². The zero-order chi connectivity index (χ0) is 22.5. The monoisotopic (exact) mass is 442 g/mol. The van der Waals surface area contributed by atoms with Crippen molar-refractivity contribution >= 4 is 34.4 Å². The molecule has 11 heteroatoms. The smallest absolute Gasteiger partial charge is 0.435 e. The van der Waals surface area contributed by atoms with Crippen molar-refractivity contribution in [1.29, 1.82) is 0 Å². The summed E-state index contributed by atoms with van der Waals surface area (Å²) in [6, 6.07) is 0. The summed E-state index contributed by atoms with van der Waals surface area (Å²) < 4.78 is 46.5. The summed E-state index contributed by atoms with van der Waals surface area (Å²) >= 11 is 0.445. The number of amides is 1. The molecular formula is C19H21F3N4O3S. The van der Waals surface area contributed by atoms with Crippen LogP contribution in [0.1, 0.15) is 40.5 Å². The maximum Gasteiger partial charge on any atom is 0.435 e. The SMILES string of the molecule is C=CCN(C(=O)/C=C/c1cnn(CC)c1C)c1nc(C(F)(F)F)c(C(=O)OCC)s1. The normalized spacial score (nSPS) is 11.7. The van der Waals surface area contributed by atoms with Crippen molar-refractivity contribution in [3.05, 3.63) is 46.8 Å². The van der Waals surface area contributed by atoms with E-state index in [1.807, 2.05) is 13.8 Å². The Bertz CT molecular complexity index is 963. The fraction of sp³-hybridized carbons (Fsp3) is 0.368. The Morgan fingerprint density at radius 2 is 2.07 bits per heavy atom. The quantitative estimate of drug-likeness (QED) is 0.350. The van der Waals surface area contributed by atoms with Gasteiger partial charge in [-0.3, -0.25) is 14.4 Å². The highest BCUT2D eigenvalue weighted by atomic mass is 32.1. The molecule has 0 N–H and O–H groups in total. The summed E-state index contributed by atoms with van der Waals surface area (Å²) in [7, 11) is 0. The standard InChI is InChI=1S/C19H21F3N4O3S/c1-5-10-25(14(27)9-8-13-11-23-26(6-2)12(13)4)18-24-16(19(20,21)22)15(30-18)17(28)29-7-3/h5,8-9,11H,1,6-7,10H2,2-4H3/b9-8+. The van der Waals surface area contributed by atoms with E-state index in [-0.39, 0.29) is 18.3 Å². The number of aryl methyl sites for hydroxylation is 1. The Morgan fingerprint density at radius 1 is 1.37 bits per heavy atom. The van der Waals surface area contributed by atoms with Gasteiger partial charge in [0.2, 0.25) is 0 Å². The third-order valence-corrected chi connectivity index (χ3v) is 5.06. The molecule has 2 aromatic rings. The van der Waals surface area contributed by atoms with E-state index in [1.165, 1.54) is 25.2 Å². The molecule has 0 aliphatic carbocycles. The summed E-state index contributed by atoms with van der Waals surface area (Å²) in [5.74, 6) is -1.76. The van der Waals surface area contributed by atoms with Crippen LogP contribution in [0.2, 0.25) is 0 Å². The molecule has 1 amide bonds. The number of hydrogen-bond donors (Lipinski definition) is 0. The fourth-order valence-corrected chi connectivity index (χ4v) is 3.53. The van der Waals surface area contributed by atoms with Gasteiger partial charge in [0.05, 0.1) is 12.8 Å². The molecule has 0 saturated heterocycles. The van der Waals surface area contributed by atoms with E-state index in [1.54, 1.807) is 10.9 Å². The van der Waals surface area contributed by atoms with Gasteiger partial charge in [0.1, 0.15) is 4.88 Å². The Balaban J connectivity index is 2.40. The van der Waals surface area contributed by atoms with Gasteiger partial charge in [-0.15, -0.1) is 6.58 Å². The third kappa shape index (κ3) is 5.15. The average molecular weight is 442 g/mol. The number of halogens is 3. The number of thiazole rings is 1. The fourth-order valence-electron chi connectivity index (χ4n) is 2.54. The number of aromatic nitrogens is 3. The first-order valence-corrected chi connectivity index (χ1v) is 9.83. The number of hydrogen-bond acceptors (Lipinski definition) is 6. The van der Waals surface area contributed by atoms with Crippen LogP contribution in [0.3, 0.4) is 0 Å². The summed E-state index contributed by atoms with van der Waals surface area (Å²) in [4.78, 5) is 28.5. The number of esters is 1. The molecular weight excluding hydrogens is 421 g/mol. The molecule has 0 saturated carbocycles. The third-order valence-electron chi connectivity index (χ3n) is 4.00. The number of carbonyl (C=O) groups is 2. The van der Waals surface area contributed by atoms with Crippen LogP contribution in [0.4, 0.5) is 18.3 Å². The van der Waals surface area contributed by atoms with Crippen LogP contribution in [-0.4, -0.2) is 39.8 Å². The van der Waals surface area contributed by atoms with Gasteiger partial charge in [0, 0.05) is 30.4 Å². The van der Waals surface area contributed by atoms with Crippen molar-refractivity contribution in [2.75, 3.05) is 18.1 Å². The molecule has 0 radical (unpaired) electrons. The minimum absolute atomic E-state index is 0.0911. The molecule has 0 aromatic carbocycles. The Labute approximate surface area is 175 Å². The van der Waals surface area contributed by atoms with E-state index in [0.717, 1.165) is 10.6 Å². The summed E-state index contributed by atoms with van der Waals surface area (Å²) in [6.45, 7) is 9.24. The van der Waals surface area contributed by atoms with E-state index >= 15 is 0 Å². The molecule has 2 aromatic heterocycles. The topological polar surface area (TPSA) is 77.3 Å². The molecule has 0 spiro atoms. The van der Waals surface area contributed by atoms with Crippen LogP contribution < -0.4 is 4.90 Å². The van der Waals surface area contributed by atoms with Crippen molar-refractivity contribution < 1.29 is 27.5 Å². The minimum Gasteiger partial charge on any atom is -0.462 e. The molecule has 7 nitrogen and oxygen atoms in total. The Hall–Kier alpha value is -2.95. The first-order chi connectivity index (χ1) is 14.1. The van der Waals surface area contributed by atoms with Crippen LogP contribution in [0, 0.1) is 6.92 Å². The van der Waals surface area contributed by atoms with Gasteiger partial charge >= 0.3 is 12.1 Å². The van der Waals surface area contributed by atoms with Gasteiger partial charge in [0.25, 0.3) is 5.91 Å². The largest absolute Gasteiger partial charge is 0.462 e. The zero-order valence-electron chi connectivity index (χ0n) is 16.7. The van der Waals surface area contributed by atoms with Gasteiger partial charge in [0.15, 0.2) is 10.8 Å². The highest BCUT2D eigenvalue weighted by Gasteiger charge is 2.41. The minimum atomic E-state index is -4.87. The van der Waals surface area contributed by atoms with E-state index in [0.29, 0.717) is 23.4 Å². The second-order valence-corrected chi connectivity index (χ2v) is 6.94. The number of ether oxygens (including phenoxy) is 1. The molecule has 30 heavy (non-hydrogen) atoms. The van der Waals surface area contributed by atoms with Crippen molar-refractivity contribution in [2.45, 2.75) is 33.5 Å². The lowest BCUT2D eigenvalue weighted by atomic mass is 10.2. The lowest BCUT2D eigenvalue weighted by Crippen LogP contribution is -2.29. The second kappa shape index (κ2) is 9.70. The van der Waals surface area contributed by atoms with Gasteiger partial charge in [-0.1, -0.05) is 17.4 Å². The molecule has 0 atom stereocenters. The molecule has 0 aliphatic rings. The molecule has 162 valence electrons. The number of alkyl halides is 3. The predicted octanol–water partition coefficient (Wildman–Crippen LogP) is 4.10. The zero-order valence-corrected chi connectivity index (χ0v) is 17.5. The maximum absolute atomic E-state index is 13.4. The first-order valence-electron chi connectivity index (χ1n) is 9.01. The van der Waals surface area contributed by atoms with Gasteiger partial charge < -0.3 is 4.74 Å². The molecule has 0 aliphatic heterocycles. The second-order valence-electron chi connectivity index (χ2n) is 5.96. The van der Waals surface area contributed by atoms with E-state index in [4.69, 9.17) is 4.74 Å². The van der Waals surface area contributed by atoms with Crippen LogP contribution in [0.5, 0.6) is 0 Å². The number of rotatable bonds is 8. The summed E-state index contributed by atoms with van der Waals surface area (Å²) in [5.41, 5.74) is 0.160. The van der Waals surface area contributed by atoms with Crippen LogP contribution >= 0.6 is 11.3 Å². The Kier molecular flexibility index (Phi) is 7.54. The van der Waals surface area contributed by atoms with Gasteiger partial charge in [-0.2, -0.15) is 18.3 Å². The lowest BCUT2D eigenvalue weighted by molar-refractivity contribution is -0.141. The highest BCUT2D eigenvalue weighted by molar-refractivity contribution is 7.17. The number of anilines is 1. The predicted molar refractivity (Wildman–Crippen MR) is 107 cm³/mol. The van der Waals surface area contributed by atoms with Gasteiger partial charge in [-0.25, -0.2) is 9.78 Å². The summed E-state index contributed by atoms with van der Waals surface area (Å²) in [5, 5.41) is 3.89. The van der Waals surface area contributed by atoms with Crippen molar-refractivity contribution in [1.82, 2.24) is 14.8 Å². The first kappa shape index (κ1) is 23.3. The van der Waals surface area contributed by atoms with Gasteiger partial charge in [-0.05, 0) is 26.8 Å². The van der Waals surface area contributed by atoms with Crippen LogP contribution in [0.15, 0.2) is 24.9 Å². The molecule has 0 unspecified atom stereocenters. The van der Waals surface area contributed by atoms with Crippen molar-refractivity contribution in [3.63, 3.8) is 0 Å². The van der Waals surface area contributed by atoms with Crippen molar-refractivity contribution in [3.8, 4) is 0 Å². The molecule has 2 heterocycles. The molecule has 2 rings (SSSR count). The van der Waals surface area contributed by atoms with E-state index < -0.39 is 28.6 Å². The van der Waals surface area contributed by atoms with E-state index in [9.17, 15) is 22.8 Å². The lowest BCUT2D eigenvalue weighted by Gasteiger charge is -2.15.